The third-order valence-corrected chi connectivity index (χ3v) is 33.3. The minimum Gasteiger partial charge on any atom is -0.660 e. The van der Waals surface area contributed by atoms with Crippen LogP contribution < -0.4 is 0 Å². The number of rotatable bonds is 13. The summed E-state index contributed by atoms with van der Waals surface area (Å²) in [4.78, 5) is 24.4. The van der Waals surface area contributed by atoms with Gasteiger partial charge >= 0.3 is 77.5 Å². The van der Waals surface area contributed by atoms with E-state index in [1.54, 1.807) is 0 Å². The van der Waals surface area contributed by atoms with Crippen LogP contribution in [0.4, 0.5) is 0 Å². The molecule has 0 N–H and O–H groups in total. The van der Waals surface area contributed by atoms with Crippen LogP contribution in [-0.4, -0.2) is 113 Å². The van der Waals surface area contributed by atoms with E-state index in [0.717, 1.165) is 92.5 Å². The molecule has 0 amide bonds. The Balaban J connectivity index is 0.000000439. The van der Waals surface area contributed by atoms with Crippen LogP contribution >= 0.6 is 0 Å². The van der Waals surface area contributed by atoms with Crippen LogP contribution in [0.2, 0.25) is 55.9 Å². The van der Waals surface area contributed by atoms with Gasteiger partial charge in [0, 0.05) is 18.1 Å². The molecular weight excluding hydrogens is 1430 g/mol. The normalized spacial score (nSPS) is 25.7. The van der Waals surface area contributed by atoms with Crippen LogP contribution in [0, 0.1) is 78.6 Å². The Morgan fingerprint density at radius 1 is 0.368 bits per heavy atom. The van der Waals surface area contributed by atoms with Gasteiger partial charge in [0.2, 0.25) is 0 Å². The number of hydrogen-bond donors (Lipinski definition) is 0. The standard InChI is InChI=1S/3C19H33N2Si.C15H13.C10H11.C9H9.3CH3.3Sc/c3*1-19(2,3)20-22(4,5)18-14-17(21-12-8-9-13-21)15-10-6-7-11-16(15)18;1-13-7-5-6-10-15(13)12-11-14-8-3-2-4-9-14;1-3-6-10-8-5-4-7-9(10)2;1-3-9-7-5-4-6-8(9)2;;;;;;/h3*6-7,10-11,15-18H,8-9,12-14H2,1-5H3;2-12H,1H2;3-8H,2H2,1H3;3-7H,1-2H2;3*1H3;;;/q9*-1;3*+3/b;;;12-11-;6-3-;;;;;;;. The molecule has 6 aliphatic carbocycles. The van der Waals surface area contributed by atoms with Gasteiger partial charge < -0.3 is 37.2 Å². The molecule has 0 aromatic heterocycles. The summed E-state index contributed by atoms with van der Waals surface area (Å²) in [6, 6.07) is 36.7. The minimum absolute atomic E-state index is 0. The van der Waals surface area contributed by atoms with Crippen LogP contribution in [0.3, 0.4) is 0 Å². The zero-order valence-corrected chi connectivity index (χ0v) is 78.3. The Labute approximate surface area is 712 Å². The molecule has 4 aromatic carbocycles. The Morgan fingerprint density at radius 3 is 0.877 bits per heavy atom. The summed E-state index contributed by atoms with van der Waals surface area (Å²) in [5.74, 6) is 4.37. The van der Waals surface area contributed by atoms with E-state index in [2.05, 4.69) is 259 Å². The zero-order chi connectivity index (χ0) is 72.5. The maximum Gasteiger partial charge on any atom is 3.00 e. The molecule has 0 bridgehead atoms. The Morgan fingerprint density at radius 2 is 0.623 bits per heavy atom. The Bertz CT molecular complexity index is 3230. The van der Waals surface area contributed by atoms with Crippen molar-refractivity contribution >= 4 is 49.0 Å². The summed E-state index contributed by atoms with van der Waals surface area (Å²) in [5.41, 5.74) is 10.6. The molecule has 3 saturated heterocycles. The second-order valence-electron chi connectivity index (χ2n) is 34.6. The summed E-state index contributed by atoms with van der Waals surface area (Å²) < 4.78 is 0. The van der Waals surface area contributed by atoms with E-state index in [1.165, 1.54) is 114 Å². The molecule has 6 nitrogen and oxygen atoms in total. The average molecular weight is 1570 g/mol. The van der Waals surface area contributed by atoms with Gasteiger partial charge in [-0.1, -0.05) is 277 Å². The van der Waals surface area contributed by atoms with Crippen LogP contribution in [0.25, 0.3) is 39.3 Å². The fourth-order valence-electron chi connectivity index (χ4n) is 18.6. The molecule has 3 heterocycles. The summed E-state index contributed by atoms with van der Waals surface area (Å²) in [7, 11) is -4.78. The Kier molecular flexibility index (Phi) is 42.8. The van der Waals surface area contributed by atoms with Gasteiger partial charge in [0.1, 0.15) is 0 Å². The van der Waals surface area contributed by atoms with Crippen LogP contribution in [-0.2, 0) is 77.5 Å². The smallest absolute Gasteiger partial charge is 0.660 e. The molecule has 6 fully saturated rings. The van der Waals surface area contributed by atoms with Crippen molar-refractivity contribution in [3.8, 4) is 0 Å². The van der Waals surface area contributed by atoms with E-state index < -0.39 is 24.7 Å². The SMILES string of the molecule is C=Cc1ccccc1[CH2-].CC(C)(C)[N-][Si](C)(C)C1CC(N2CCCC2)C2C=CC=CC21.CC(C)(C)[N-][Si](C)(C)C1CC(N2CCCC2)C2C=CC=CC21.CC(C)(C)[N-][Si](C)(C)C1CC(N2CCCC2)C2C=CC=CC21.[CH2-]c1ccccc1/C=C\C.[CH2-]c1ccccc1/C=C\c1ccccc1.[CH3-].[CH3-].[CH3-].[Sc+3].[Sc+3].[Sc+3]. The number of benzene rings is 4. The van der Waals surface area contributed by atoms with E-state index in [0.29, 0.717) is 0 Å². The van der Waals surface area contributed by atoms with E-state index in [1.807, 2.05) is 97.9 Å². The van der Waals surface area contributed by atoms with Gasteiger partial charge in [-0.2, -0.15) is 55.7 Å². The topological polar surface area (TPSA) is 52.0 Å². The summed E-state index contributed by atoms with van der Waals surface area (Å²) in [6.07, 6.45) is 51.2. The van der Waals surface area contributed by atoms with Crippen LogP contribution in [0.5, 0.6) is 0 Å². The maximum atomic E-state index is 5.34. The second kappa shape index (κ2) is 45.8. The predicted octanol–water partition coefficient (Wildman–Crippen LogP) is 25.7. The molecule has 9 aliphatic rings. The first kappa shape index (κ1) is 99.2. The van der Waals surface area contributed by atoms with Gasteiger partial charge in [-0.05, 0) is 145 Å². The van der Waals surface area contributed by atoms with Gasteiger partial charge in [0.25, 0.3) is 0 Å². The number of fused-ring (bicyclic) bond motifs is 3. The quantitative estimate of drug-likeness (QED) is 0.0761. The minimum atomic E-state index is -1.59. The van der Waals surface area contributed by atoms with Gasteiger partial charge in [-0.25, -0.2) is 0 Å². The van der Waals surface area contributed by atoms with Crippen molar-refractivity contribution in [2.75, 3.05) is 39.3 Å². The molecule has 4 aromatic rings. The molecular formula is C94H141N6Sc3Si3. The van der Waals surface area contributed by atoms with Gasteiger partial charge in [-0.15, -0.1) is 94.5 Å². The first-order valence-corrected chi connectivity index (χ1v) is 47.7. The molecule has 0 radical (unpaired) electrons. The second-order valence-corrected chi connectivity index (χ2v) is 47.4. The zero-order valence-electron chi connectivity index (χ0n) is 69.9. The van der Waals surface area contributed by atoms with Crippen molar-refractivity contribution in [3.63, 3.8) is 0 Å². The fourth-order valence-corrected chi connectivity index (χ4v) is 30.5. The van der Waals surface area contributed by atoms with Crippen LogP contribution in [0.15, 0.2) is 189 Å². The third kappa shape index (κ3) is 29.3. The molecule has 12 unspecified atom stereocenters. The number of hydrogen-bond acceptors (Lipinski definition) is 3. The van der Waals surface area contributed by atoms with Crippen molar-refractivity contribution in [1.29, 1.82) is 0 Å². The van der Waals surface area contributed by atoms with Crippen LogP contribution in [0.1, 0.15) is 166 Å². The summed E-state index contributed by atoms with van der Waals surface area (Å²) >= 11 is 0. The largest absolute Gasteiger partial charge is 3.00 e. The van der Waals surface area contributed by atoms with E-state index in [4.69, 9.17) is 14.9 Å². The van der Waals surface area contributed by atoms with Gasteiger partial charge in [-0.3, -0.25) is 14.7 Å². The molecule has 13 rings (SSSR count). The van der Waals surface area contributed by atoms with Gasteiger partial charge in [0.15, 0.2) is 0 Å². The molecule has 568 valence electrons. The first-order chi connectivity index (χ1) is 47.4. The summed E-state index contributed by atoms with van der Waals surface area (Å²) in [6.45, 7) is 60.6. The first-order valence-electron chi connectivity index (χ1n) is 38.6. The summed E-state index contributed by atoms with van der Waals surface area (Å²) in [5, 5.41) is 0. The number of allylic oxidation sites excluding steroid dienone is 10. The predicted molar refractivity (Wildman–Crippen MR) is 469 cm³/mol. The van der Waals surface area contributed by atoms with E-state index >= 15 is 0 Å². The molecule has 3 saturated carbocycles. The average Bonchev–Trinajstić information content (AvgIpc) is 1.62. The Hall–Kier alpha value is -2.83. The molecule has 106 heavy (non-hydrogen) atoms. The fraction of sp³-hybridized carbons (Fsp3) is 0.489. The van der Waals surface area contributed by atoms with Crippen molar-refractivity contribution in [3.05, 3.63) is 286 Å². The molecule has 0 spiro atoms. The number of nitrogens with zero attached hydrogens (tertiary/aromatic N) is 6. The van der Waals surface area contributed by atoms with E-state index in [-0.39, 0.29) is 116 Å². The number of likely N-dealkylation sites (tertiary alicyclic amines) is 3. The molecule has 3 aliphatic heterocycles. The molecule has 12 heteroatoms. The van der Waals surface area contributed by atoms with Crippen molar-refractivity contribution in [2.45, 2.75) is 218 Å². The monoisotopic (exact) mass is 1570 g/mol. The molecule has 12 atom stereocenters. The van der Waals surface area contributed by atoms with Crippen molar-refractivity contribution in [2.24, 2.45) is 35.5 Å². The third-order valence-electron chi connectivity index (χ3n) is 22.3. The van der Waals surface area contributed by atoms with Crippen molar-refractivity contribution in [1.82, 2.24) is 14.7 Å². The maximum absolute atomic E-state index is 5.34. The van der Waals surface area contributed by atoms with Crippen molar-refractivity contribution < 1.29 is 77.5 Å². The van der Waals surface area contributed by atoms with Gasteiger partial charge in [0.05, 0.1) is 0 Å². The van der Waals surface area contributed by atoms with E-state index in [9.17, 15) is 0 Å².